The van der Waals surface area contributed by atoms with Crippen LogP contribution in [-0.4, -0.2) is 30.9 Å². The van der Waals surface area contributed by atoms with E-state index in [9.17, 15) is 14.4 Å². The van der Waals surface area contributed by atoms with Gasteiger partial charge in [-0.05, 0) is 48.4 Å². The first-order chi connectivity index (χ1) is 13.5. The number of nitrogens with one attached hydrogen (secondary N) is 1. The Morgan fingerprint density at radius 3 is 2.46 bits per heavy atom. The lowest BCUT2D eigenvalue weighted by molar-refractivity contribution is -0.151. The number of hydrogen-bond acceptors (Lipinski definition) is 4. The van der Waals surface area contributed by atoms with Gasteiger partial charge in [0.15, 0.2) is 6.61 Å². The standard InChI is InChI=1S/C21H21BrN2O4/c1-2-14-3-7-17(8-4-14)23-19(25)13-28-21(27)15-11-20(26)24(12-15)18-9-5-16(22)6-10-18/h3-10,15H,2,11-13H2,1H3,(H,23,25)/t15-/m1/s1. The van der Waals surface area contributed by atoms with Crippen LogP contribution in [0.5, 0.6) is 0 Å². The molecular weight excluding hydrogens is 424 g/mol. The van der Waals surface area contributed by atoms with E-state index < -0.39 is 17.8 Å². The molecule has 2 amide bonds. The molecule has 0 radical (unpaired) electrons. The molecule has 0 aliphatic carbocycles. The number of nitrogens with zero attached hydrogens (tertiary/aromatic N) is 1. The quantitative estimate of drug-likeness (QED) is 0.691. The minimum Gasteiger partial charge on any atom is -0.455 e. The van der Waals surface area contributed by atoms with E-state index in [1.165, 1.54) is 5.56 Å². The Balaban J connectivity index is 1.49. The molecule has 146 valence electrons. The number of carbonyl (C=O) groups is 3. The summed E-state index contributed by atoms with van der Waals surface area (Å²) >= 11 is 3.35. The van der Waals surface area contributed by atoms with Crippen LogP contribution in [0, 0.1) is 5.92 Å². The second kappa shape index (κ2) is 9.01. The largest absolute Gasteiger partial charge is 0.455 e. The molecule has 7 heteroatoms. The average molecular weight is 445 g/mol. The average Bonchev–Trinajstić information content (AvgIpc) is 3.09. The predicted molar refractivity (Wildman–Crippen MR) is 110 cm³/mol. The maximum absolute atomic E-state index is 12.3. The first kappa shape index (κ1) is 20.1. The van der Waals surface area contributed by atoms with Gasteiger partial charge in [0.25, 0.3) is 5.91 Å². The van der Waals surface area contributed by atoms with Crippen LogP contribution in [0.25, 0.3) is 0 Å². The number of hydrogen-bond donors (Lipinski definition) is 1. The summed E-state index contributed by atoms with van der Waals surface area (Å²) in [6.45, 7) is 1.93. The zero-order valence-electron chi connectivity index (χ0n) is 15.5. The van der Waals surface area contributed by atoms with Crippen molar-refractivity contribution in [3.8, 4) is 0 Å². The van der Waals surface area contributed by atoms with Crippen molar-refractivity contribution in [3.63, 3.8) is 0 Å². The highest BCUT2D eigenvalue weighted by molar-refractivity contribution is 9.10. The van der Waals surface area contributed by atoms with Crippen LogP contribution in [0.15, 0.2) is 53.0 Å². The number of ether oxygens (including phenoxy) is 1. The Morgan fingerprint density at radius 2 is 1.82 bits per heavy atom. The summed E-state index contributed by atoms with van der Waals surface area (Å²) in [5.74, 6) is -1.66. The van der Waals surface area contributed by atoms with E-state index in [0.717, 1.165) is 16.6 Å². The van der Waals surface area contributed by atoms with Gasteiger partial charge in [-0.25, -0.2) is 0 Å². The van der Waals surface area contributed by atoms with Crippen LogP contribution < -0.4 is 10.2 Å². The maximum atomic E-state index is 12.3. The van der Waals surface area contributed by atoms with E-state index in [0.29, 0.717) is 5.69 Å². The van der Waals surface area contributed by atoms with Crippen molar-refractivity contribution in [2.45, 2.75) is 19.8 Å². The number of benzene rings is 2. The Hall–Kier alpha value is -2.67. The fourth-order valence-electron chi connectivity index (χ4n) is 3.01. The minimum atomic E-state index is -0.576. The van der Waals surface area contributed by atoms with E-state index >= 15 is 0 Å². The van der Waals surface area contributed by atoms with Crippen LogP contribution in [0.3, 0.4) is 0 Å². The molecule has 3 rings (SSSR count). The molecule has 0 aromatic heterocycles. The van der Waals surface area contributed by atoms with Gasteiger partial charge in [-0.3, -0.25) is 14.4 Å². The number of aryl methyl sites for hydroxylation is 1. The number of anilines is 2. The fraction of sp³-hybridized carbons (Fsp3) is 0.286. The summed E-state index contributed by atoms with van der Waals surface area (Å²) in [4.78, 5) is 38.1. The van der Waals surface area contributed by atoms with Crippen molar-refractivity contribution in [2.24, 2.45) is 5.92 Å². The molecule has 0 saturated carbocycles. The molecule has 6 nitrogen and oxygen atoms in total. The topological polar surface area (TPSA) is 75.7 Å². The lowest BCUT2D eigenvalue weighted by atomic mass is 10.1. The normalized spacial score (nSPS) is 16.1. The molecule has 1 aliphatic heterocycles. The maximum Gasteiger partial charge on any atom is 0.311 e. The molecule has 28 heavy (non-hydrogen) atoms. The lowest BCUT2D eigenvalue weighted by Crippen LogP contribution is -2.28. The molecule has 1 fully saturated rings. The number of halogens is 1. The second-order valence-electron chi connectivity index (χ2n) is 6.59. The van der Waals surface area contributed by atoms with Crippen LogP contribution in [0.4, 0.5) is 11.4 Å². The van der Waals surface area contributed by atoms with Crippen LogP contribution in [0.2, 0.25) is 0 Å². The van der Waals surface area contributed by atoms with E-state index in [1.807, 2.05) is 48.5 Å². The Bertz CT molecular complexity index is 865. The van der Waals surface area contributed by atoms with Gasteiger partial charge in [-0.2, -0.15) is 0 Å². The first-order valence-electron chi connectivity index (χ1n) is 9.07. The van der Waals surface area contributed by atoms with Crippen LogP contribution in [0.1, 0.15) is 18.9 Å². The van der Waals surface area contributed by atoms with Gasteiger partial charge in [0.05, 0.1) is 5.92 Å². The third-order valence-corrected chi connectivity index (χ3v) is 5.12. The molecule has 2 aromatic rings. The summed E-state index contributed by atoms with van der Waals surface area (Å²) in [5, 5.41) is 2.69. The molecule has 1 saturated heterocycles. The van der Waals surface area contributed by atoms with Gasteiger partial charge >= 0.3 is 5.97 Å². The minimum absolute atomic E-state index is 0.0784. The van der Waals surface area contributed by atoms with Gasteiger partial charge in [-0.15, -0.1) is 0 Å². The van der Waals surface area contributed by atoms with Gasteiger partial charge in [0, 0.05) is 28.8 Å². The molecule has 2 aromatic carbocycles. The highest BCUT2D eigenvalue weighted by Gasteiger charge is 2.36. The van der Waals surface area contributed by atoms with Gasteiger partial charge in [0.2, 0.25) is 5.91 Å². The van der Waals surface area contributed by atoms with Crippen molar-refractivity contribution < 1.29 is 19.1 Å². The van der Waals surface area contributed by atoms with Crippen LogP contribution in [-0.2, 0) is 25.5 Å². The third kappa shape index (κ3) is 4.98. The number of amides is 2. The zero-order chi connectivity index (χ0) is 20.1. The van der Waals surface area contributed by atoms with Crippen molar-refractivity contribution in [1.29, 1.82) is 0 Å². The molecule has 1 heterocycles. The number of esters is 1. The van der Waals surface area contributed by atoms with E-state index in [2.05, 4.69) is 28.2 Å². The Morgan fingerprint density at radius 1 is 1.14 bits per heavy atom. The predicted octanol–water partition coefficient (Wildman–Crippen LogP) is 3.55. The summed E-state index contributed by atoms with van der Waals surface area (Å²) in [6, 6.07) is 14.8. The molecule has 0 unspecified atom stereocenters. The van der Waals surface area contributed by atoms with E-state index in [4.69, 9.17) is 4.74 Å². The SMILES string of the molecule is CCc1ccc(NC(=O)COC(=O)[C@@H]2CC(=O)N(c3ccc(Br)cc3)C2)cc1. The van der Waals surface area contributed by atoms with Crippen molar-refractivity contribution in [1.82, 2.24) is 0 Å². The summed E-state index contributed by atoms with van der Waals surface area (Å²) in [6.07, 6.45) is 0.998. The smallest absolute Gasteiger partial charge is 0.311 e. The highest BCUT2D eigenvalue weighted by atomic mass is 79.9. The molecule has 0 bridgehead atoms. The monoisotopic (exact) mass is 444 g/mol. The highest BCUT2D eigenvalue weighted by Crippen LogP contribution is 2.27. The third-order valence-electron chi connectivity index (χ3n) is 4.59. The van der Waals surface area contributed by atoms with Gasteiger partial charge in [0.1, 0.15) is 0 Å². The molecular formula is C21H21BrN2O4. The van der Waals surface area contributed by atoms with Crippen LogP contribution >= 0.6 is 15.9 Å². The summed E-state index contributed by atoms with van der Waals surface area (Å²) < 4.78 is 6.03. The molecule has 0 spiro atoms. The molecule has 1 atom stereocenters. The van der Waals surface area contributed by atoms with Gasteiger partial charge in [-0.1, -0.05) is 35.0 Å². The summed E-state index contributed by atoms with van der Waals surface area (Å²) in [7, 11) is 0. The summed E-state index contributed by atoms with van der Waals surface area (Å²) in [5.41, 5.74) is 2.55. The molecule has 1 N–H and O–H groups in total. The van der Waals surface area contributed by atoms with Crippen molar-refractivity contribution >= 4 is 45.1 Å². The van der Waals surface area contributed by atoms with Crippen molar-refractivity contribution in [2.75, 3.05) is 23.4 Å². The van der Waals surface area contributed by atoms with E-state index in [1.54, 1.807) is 4.90 Å². The Kier molecular flexibility index (Phi) is 6.46. The van der Waals surface area contributed by atoms with E-state index in [-0.39, 0.29) is 25.5 Å². The number of rotatable bonds is 6. The van der Waals surface area contributed by atoms with Gasteiger partial charge < -0.3 is 15.0 Å². The molecule has 1 aliphatic rings. The Labute approximate surface area is 172 Å². The lowest BCUT2D eigenvalue weighted by Gasteiger charge is -2.16. The zero-order valence-corrected chi connectivity index (χ0v) is 17.1. The first-order valence-corrected chi connectivity index (χ1v) is 9.87. The second-order valence-corrected chi connectivity index (χ2v) is 7.50. The number of carbonyl (C=O) groups excluding carboxylic acids is 3. The van der Waals surface area contributed by atoms with Crippen molar-refractivity contribution in [3.05, 3.63) is 58.6 Å². The fourth-order valence-corrected chi connectivity index (χ4v) is 3.28.